The standard InChI is InChI=1S/C16H26N2O/c1-4-7-17-11-15-5-6-16(13(2)10-15)18-8-9-19-14(3)12-18/h5-6,10,14,17H,4,7-9,11-12H2,1-3H3. The summed E-state index contributed by atoms with van der Waals surface area (Å²) in [5.41, 5.74) is 4.09. The molecule has 3 heteroatoms. The quantitative estimate of drug-likeness (QED) is 0.826. The molecular weight excluding hydrogens is 236 g/mol. The summed E-state index contributed by atoms with van der Waals surface area (Å²) in [6.07, 6.45) is 1.52. The summed E-state index contributed by atoms with van der Waals surface area (Å²) in [7, 11) is 0. The van der Waals surface area contributed by atoms with Gasteiger partial charge in [0, 0.05) is 25.3 Å². The van der Waals surface area contributed by atoms with E-state index in [0.717, 1.165) is 32.8 Å². The van der Waals surface area contributed by atoms with Gasteiger partial charge in [-0.05, 0) is 44.0 Å². The average molecular weight is 262 g/mol. The number of aryl methyl sites for hydroxylation is 1. The van der Waals surface area contributed by atoms with Crippen LogP contribution >= 0.6 is 0 Å². The van der Waals surface area contributed by atoms with E-state index in [1.807, 2.05) is 0 Å². The highest BCUT2D eigenvalue weighted by molar-refractivity contribution is 5.54. The van der Waals surface area contributed by atoms with E-state index in [4.69, 9.17) is 4.74 Å². The molecule has 1 unspecified atom stereocenters. The molecule has 1 N–H and O–H groups in total. The summed E-state index contributed by atoms with van der Waals surface area (Å²) in [5.74, 6) is 0. The van der Waals surface area contributed by atoms with Crippen molar-refractivity contribution in [1.82, 2.24) is 5.32 Å². The van der Waals surface area contributed by atoms with Gasteiger partial charge < -0.3 is 15.0 Å². The third-order valence-corrected chi connectivity index (χ3v) is 3.60. The molecule has 1 fully saturated rings. The fourth-order valence-corrected chi connectivity index (χ4v) is 2.63. The van der Waals surface area contributed by atoms with Gasteiger partial charge in [0.15, 0.2) is 0 Å². The van der Waals surface area contributed by atoms with Crippen LogP contribution in [0.2, 0.25) is 0 Å². The van der Waals surface area contributed by atoms with E-state index < -0.39 is 0 Å². The molecule has 1 atom stereocenters. The first-order chi connectivity index (χ1) is 9.20. The number of nitrogens with one attached hydrogen (secondary N) is 1. The average Bonchev–Trinajstić information content (AvgIpc) is 2.39. The number of hydrogen-bond acceptors (Lipinski definition) is 3. The van der Waals surface area contributed by atoms with E-state index in [2.05, 4.69) is 49.2 Å². The lowest BCUT2D eigenvalue weighted by Crippen LogP contribution is -2.41. The van der Waals surface area contributed by atoms with Gasteiger partial charge >= 0.3 is 0 Å². The van der Waals surface area contributed by atoms with E-state index >= 15 is 0 Å². The minimum absolute atomic E-state index is 0.332. The van der Waals surface area contributed by atoms with Crippen LogP contribution in [0.3, 0.4) is 0 Å². The number of anilines is 1. The molecule has 3 nitrogen and oxygen atoms in total. The van der Waals surface area contributed by atoms with Crippen molar-refractivity contribution in [1.29, 1.82) is 0 Å². The largest absolute Gasteiger partial charge is 0.375 e. The predicted octanol–water partition coefficient (Wildman–Crippen LogP) is 2.72. The Morgan fingerprint density at radius 1 is 1.42 bits per heavy atom. The first-order valence-corrected chi connectivity index (χ1v) is 7.37. The minimum Gasteiger partial charge on any atom is -0.375 e. The molecule has 1 aliphatic heterocycles. The third kappa shape index (κ3) is 3.95. The maximum atomic E-state index is 5.61. The lowest BCUT2D eigenvalue weighted by atomic mass is 10.1. The molecule has 0 radical (unpaired) electrons. The van der Waals surface area contributed by atoms with E-state index in [1.54, 1.807) is 0 Å². The predicted molar refractivity (Wildman–Crippen MR) is 80.8 cm³/mol. The number of morpholine rings is 1. The molecule has 0 saturated carbocycles. The van der Waals surface area contributed by atoms with Crippen molar-refractivity contribution in [2.24, 2.45) is 0 Å². The number of nitrogens with zero attached hydrogens (tertiary/aromatic N) is 1. The van der Waals surface area contributed by atoms with Gasteiger partial charge in [0.1, 0.15) is 0 Å². The van der Waals surface area contributed by atoms with Crippen LogP contribution in [0.1, 0.15) is 31.4 Å². The second-order valence-corrected chi connectivity index (χ2v) is 5.43. The van der Waals surface area contributed by atoms with Crippen LogP contribution in [0.15, 0.2) is 18.2 Å². The van der Waals surface area contributed by atoms with Gasteiger partial charge in [-0.25, -0.2) is 0 Å². The fraction of sp³-hybridized carbons (Fsp3) is 0.625. The third-order valence-electron chi connectivity index (χ3n) is 3.60. The molecule has 0 aromatic heterocycles. The lowest BCUT2D eigenvalue weighted by molar-refractivity contribution is 0.0532. The van der Waals surface area contributed by atoms with E-state index in [0.29, 0.717) is 6.10 Å². The molecule has 0 spiro atoms. The SMILES string of the molecule is CCCNCc1ccc(N2CCOC(C)C2)c(C)c1. The Balaban J connectivity index is 2.02. The van der Waals surface area contributed by atoms with Crippen molar-refractivity contribution >= 4 is 5.69 Å². The van der Waals surface area contributed by atoms with Crippen LogP contribution in [-0.2, 0) is 11.3 Å². The zero-order valence-corrected chi connectivity index (χ0v) is 12.4. The van der Waals surface area contributed by atoms with Crippen molar-refractivity contribution in [2.75, 3.05) is 31.1 Å². The summed E-state index contributed by atoms with van der Waals surface area (Å²) in [5, 5.41) is 3.45. The number of hydrogen-bond donors (Lipinski definition) is 1. The fourth-order valence-electron chi connectivity index (χ4n) is 2.63. The van der Waals surface area contributed by atoms with Gasteiger partial charge in [0.25, 0.3) is 0 Å². The van der Waals surface area contributed by atoms with Gasteiger partial charge in [-0.3, -0.25) is 0 Å². The van der Waals surface area contributed by atoms with Crippen LogP contribution in [0, 0.1) is 6.92 Å². The highest BCUT2D eigenvalue weighted by atomic mass is 16.5. The molecule has 1 aromatic rings. The molecule has 0 amide bonds. The Morgan fingerprint density at radius 3 is 2.95 bits per heavy atom. The number of rotatable bonds is 5. The molecule has 1 aliphatic rings. The van der Waals surface area contributed by atoms with E-state index in [1.165, 1.54) is 23.2 Å². The topological polar surface area (TPSA) is 24.5 Å². The van der Waals surface area contributed by atoms with Crippen molar-refractivity contribution in [2.45, 2.75) is 39.8 Å². The van der Waals surface area contributed by atoms with Gasteiger partial charge in [-0.15, -0.1) is 0 Å². The second kappa shape index (κ2) is 6.92. The monoisotopic (exact) mass is 262 g/mol. The highest BCUT2D eigenvalue weighted by Gasteiger charge is 2.18. The van der Waals surface area contributed by atoms with Crippen LogP contribution in [-0.4, -0.2) is 32.3 Å². The molecule has 19 heavy (non-hydrogen) atoms. The minimum atomic E-state index is 0.332. The van der Waals surface area contributed by atoms with Crippen LogP contribution in [0.5, 0.6) is 0 Å². The summed E-state index contributed by atoms with van der Waals surface area (Å²) < 4.78 is 5.61. The summed E-state index contributed by atoms with van der Waals surface area (Å²) in [6, 6.07) is 6.81. The molecule has 1 aromatic carbocycles. The Labute approximate surface area is 116 Å². The zero-order chi connectivity index (χ0) is 13.7. The van der Waals surface area contributed by atoms with Crippen molar-refractivity contribution in [3.63, 3.8) is 0 Å². The van der Waals surface area contributed by atoms with Crippen molar-refractivity contribution in [3.8, 4) is 0 Å². The van der Waals surface area contributed by atoms with Crippen LogP contribution in [0.4, 0.5) is 5.69 Å². The van der Waals surface area contributed by atoms with E-state index in [-0.39, 0.29) is 0 Å². The molecule has 0 bridgehead atoms. The summed E-state index contributed by atoms with van der Waals surface area (Å²) >= 11 is 0. The maximum absolute atomic E-state index is 5.61. The second-order valence-electron chi connectivity index (χ2n) is 5.43. The molecule has 0 aliphatic carbocycles. The molecule has 106 valence electrons. The van der Waals surface area contributed by atoms with Crippen molar-refractivity contribution in [3.05, 3.63) is 29.3 Å². The highest BCUT2D eigenvalue weighted by Crippen LogP contribution is 2.23. The molecule has 1 heterocycles. The van der Waals surface area contributed by atoms with Gasteiger partial charge in [0.2, 0.25) is 0 Å². The molecule has 1 saturated heterocycles. The summed E-state index contributed by atoms with van der Waals surface area (Å²) in [6.45, 7) is 11.4. The number of ether oxygens (including phenoxy) is 1. The van der Waals surface area contributed by atoms with Crippen LogP contribution < -0.4 is 10.2 Å². The smallest absolute Gasteiger partial charge is 0.0722 e. The first-order valence-electron chi connectivity index (χ1n) is 7.37. The normalized spacial score (nSPS) is 19.7. The lowest BCUT2D eigenvalue weighted by Gasteiger charge is -2.34. The van der Waals surface area contributed by atoms with Gasteiger partial charge in [-0.2, -0.15) is 0 Å². The van der Waals surface area contributed by atoms with E-state index in [9.17, 15) is 0 Å². The van der Waals surface area contributed by atoms with Gasteiger partial charge in [0.05, 0.1) is 12.7 Å². The Bertz CT molecular complexity index is 406. The maximum Gasteiger partial charge on any atom is 0.0722 e. The Kier molecular flexibility index (Phi) is 5.23. The number of benzene rings is 1. The zero-order valence-electron chi connectivity index (χ0n) is 12.4. The molecule has 2 rings (SSSR count). The van der Waals surface area contributed by atoms with Gasteiger partial charge in [-0.1, -0.05) is 19.1 Å². The Morgan fingerprint density at radius 2 is 2.26 bits per heavy atom. The molecular formula is C16H26N2O. The Hall–Kier alpha value is -1.06. The summed E-state index contributed by atoms with van der Waals surface area (Å²) in [4.78, 5) is 2.44. The van der Waals surface area contributed by atoms with Crippen LogP contribution in [0.25, 0.3) is 0 Å². The first kappa shape index (κ1) is 14.4. The van der Waals surface area contributed by atoms with Crippen molar-refractivity contribution < 1.29 is 4.74 Å².